The maximum absolute atomic E-state index is 12.2. The van der Waals surface area contributed by atoms with Gasteiger partial charge in [0.25, 0.3) is 11.8 Å². The monoisotopic (exact) mass is 318 g/mol. The van der Waals surface area contributed by atoms with Crippen molar-refractivity contribution in [1.82, 2.24) is 5.32 Å². The molecule has 0 aromatic heterocycles. The average molecular weight is 319 g/mol. The highest BCUT2D eigenvalue weighted by Crippen LogP contribution is 2.26. The van der Waals surface area contributed by atoms with Crippen molar-refractivity contribution in [3.8, 4) is 5.75 Å². The van der Waals surface area contributed by atoms with Crippen LogP contribution in [0.3, 0.4) is 0 Å². The van der Waals surface area contributed by atoms with E-state index in [-0.39, 0.29) is 11.8 Å². The summed E-state index contributed by atoms with van der Waals surface area (Å²) in [5, 5.41) is 5.74. The quantitative estimate of drug-likeness (QED) is 0.910. The number of methoxy groups -OCH3 is 1. The number of rotatable bonds is 4. The van der Waals surface area contributed by atoms with Gasteiger partial charge in [0.05, 0.1) is 12.8 Å². The third-order valence-electron chi connectivity index (χ3n) is 3.03. The van der Waals surface area contributed by atoms with Crippen molar-refractivity contribution < 1.29 is 14.3 Å². The largest absolute Gasteiger partial charge is 0.495 e. The summed E-state index contributed by atoms with van der Waals surface area (Å²) in [5.74, 6) is -0.143. The van der Waals surface area contributed by atoms with Gasteiger partial charge in [-0.2, -0.15) is 0 Å². The molecule has 0 bridgehead atoms. The number of hydrogen-bond donors (Lipinski definition) is 2. The van der Waals surface area contributed by atoms with E-state index in [1.54, 1.807) is 49.5 Å². The molecule has 0 radical (unpaired) electrons. The lowest BCUT2D eigenvalue weighted by Gasteiger charge is -2.11. The minimum atomic E-state index is -0.312. The number of amides is 2. The molecule has 2 rings (SSSR count). The number of benzene rings is 2. The zero-order valence-corrected chi connectivity index (χ0v) is 12.9. The molecule has 6 heteroatoms. The van der Waals surface area contributed by atoms with E-state index in [2.05, 4.69) is 10.6 Å². The van der Waals surface area contributed by atoms with Gasteiger partial charge in [0.1, 0.15) is 5.75 Å². The minimum Gasteiger partial charge on any atom is -0.495 e. The Kier molecular flexibility index (Phi) is 5.01. The molecule has 22 heavy (non-hydrogen) atoms. The van der Waals surface area contributed by atoms with E-state index in [0.717, 1.165) is 0 Å². The molecule has 0 saturated heterocycles. The summed E-state index contributed by atoms with van der Waals surface area (Å²) in [7, 11) is 3.02. The SMILES string of the molecule is CNC(=O)c1ccc(NC(=O)c2cccc(Cl)c2)c(OC)c1. The lowest BCUT2D eigenvalue weighted by Crippen LogP contribution is -2.18. The third kappa shape index (κ3) is 3.56. The van der Waals surface area contributed by atoms with Gasteiger partial charge in [0.2, 0.25) is 0 Å². The van der Waals surface area contributed by atoms with Gasteiger partial charge in [-0.1, -0.05) is 17.7 Å². The topological polar surface area (TPSA) is 67.4 Å². The van der Waals surface area contributed by atoms with E-state index in [1.165, 1.54) is 7.11 Å². The van der Waals surface area contributed by atoms with Crippen LogP contribution in [0, 0.1) is 0 Å². The highest BCUT2D eigenvalue weighted by atomic mass is 35.5. The Labute approximate surface area is 133 Å². The van der Waals surface area contributed by atoms with Crippen molar-refractivity contribution in [3.63, 3.8) is 0 Å². The minimum absolute atomic E-state index is 0.231. The zero-order valence-electron chi connectivity index (χ0n) is 12.1. The lowest BCUT2D eigenvalue weighted by atomic mass is 10.1. The van der Waals surface area contributed by atoms with Crippen molar-refractivity contribution in [1.29, 1.82) is 0 Å². The molecule has 0 atom stereocenters. The summed E-state index contributed by atoms with van der Waals surface area (Å²) < 4.78 is 5.22. The van der Waals surface area contributed by atoms with E-state index in [4.69, 9.17) is 16.3 Å². The Bertz CT molecular complexity index is 716. The highest BCUT2D eigenvalue weighted by molar-refractivity contribution is 6.31. The molecule has 0 saturated carbocycles. The molecule has 2 aromatic rings. The maximum atomic E-state index is 12.2. The molecule has 0 spiro atoms. The lowest BCUT2D eigenvalue weighted by molar-refractivity contribution is 0.0962. The molecule has 0 aliphatic heterocycles. The fourth-order valence-electron chi connectivity index (χ4n) is 1.90. The Morgan fingerprint density at radius 1 is 1.05 bits per heavy atom. The summed E-state index contributed by atoms with van der Waals surface area (Å²) in [6, 6.07) is 11.4. The molecule has 2 amide bonds. The zero-order chi connectivity index (χ0) is 16.1. The van der Waals surface area contributed by atoms with Gasteiger partial charge in [-0.15, -0.1) is 0 Å². The molecule has 2 aromatic carbocycles. The first-order valence-corrected chi connectivity index (χ1v) is 6.90. The first-order chi connectivity index (χ1) is 10.5. The number of carbonyl (C=O) groups is 2. The van der Waals surface area contributed by atoms with Crippen LogP contribution in [0.15, 0.2) is 42.5 Å². The van der Waals surface area contributed by atoms with Crippen LogP contribution < -0.4 is 15.4 Å². The van der Waals surface area contributed by atoms with Crippen LogP contribution in [0.5, 0.6) is 5.75 Å². The molecule has 0 aliphatic rings. The van der Waals surface area contributed by atoms with Gasteiger partial charge in [0, 0.05) is 23.2 Å². The van der Waals surface area contributed by atoms with Gasteiger partial charge in [-0.3, -0.25) is 9.59 Å². The molecular formula is C16H15ClN2O3. The standard InChI is InChI=1S/C16H15ClN2O3/c1-18-15(20)11-6-7-13(14(9-11)22-2)19-16(21)10-4-3-5-12(17)8-10/h3-9H,1-2H3,(H,18,20)(H,19,21). The van der Waals surface area contributed by atoms with Crippen LogP contribution in [0.2, 0.25) is 5.02 Å². The number of halogens is 1. The first kappa shape index (κ1) is 15.9. The van der Waals surface area contributed by atoms with Gasteiger partial charge >= 0.3 is 0 Å². The first-order valence-electron chi connectivity index (χ1n) is 6.52. The summed E-state index contributed by atoms with van der Waals surface area (Å²) in [6.45, 7) is 0. The number of carbonyl (C=O) groups excluding carboxylic acids is 2. The average Bonchev–Trinajstić information content (AvgIpc) is 2.54. The Morgan fingerprint density at radius 3 is 2.41 bits per heavy atom. The summed E-state index contributed by atoms with van der Waals surface area (Å²) in [5.41, 5.74) is 1.35. The molecule has 0 fully saturated rings. The van der Waals surface area contributed by atoms with Crippen molar-refractivity contribution in [2.75, 3.05) is 19.5 Å². The van der Waals surface area contributed by atoms with E-state index >= 15 is 0 Å². The summed E-state index contributed by atoms with van der Waals surface area (Å²) >= 11 is 5.87. The van der Waals surface area contributed by atoms with Crippen molar-refractivity contribution in [2.45, 2.75) is 0 Å². The Hall–Kier alpha value is -2.53. The molecule has 0 unspecified atom stereocenters. The molecule has 5 nitrogen and oxygen atoms in total. The maximum Gasteiger partial charge on any atom is 0.255 e. The van der Waals surface area contributed by atoms with Crippen LogP contribution in [0.25, 0.3) is 0 Å². The second-order valence-electron chi connectivity index (χ2n) is 4.46. The van der Waals surface area contributed by atoms with Crippen LogP contribution in [-0.4, -0.2) is 26.0 Å². The van der Waals surface area contributed by atoms with Gasteiger partial charge < -0.3 is 15.4 Å². The molecule has 0 aliphatic carbocycles. The second-order valence-corrected chi connectivity index (χ2v) is 4.90. The van der Waals surface area contributed by atoms with Crippen LogP contribution in [0.1, 0.15) is 20.7 Å². The smallest absolute Gasteiger partial charge is 0.255 e. The predicted molar refractivity (Wildman–Crippen MR) is 85.8 cm³/mol. The van der Waals surface area contributed by atoms with Gasteiger partial charge in [0.15, 0.2) is 0 Å². The van der Waals surface area contributed by atoms with Crippen molar-refractivity contribution in [2.24, 2.45) is 0 Å². The van der Waals surface area contributed by atoms with Gasteiger partial charge in [-0.25, -0.2) is 0 Å². The van der Waals surface area contributed by atoms with E-state index in [0.29, 0.717) is 27.6 Å². The molecule has 0 heterocycles. The number of hydrogen-bond acceptors (Lipinski definition) is 3. The van der Waals surface area contributed by atoms with Crippen molar-refractivity contribution >= 4 is 29.1 Å². The fraction of sp³-hybridized carbons (Fsp3) is 0.125. The predicted octanol–water partition coefficient (Wildman–Crippen LogP) is 2.96. The fourth-order valence-corrected chi connectivity index (χ4v) is 2.09. The second kappa shape index (κ2) is 6.95. The Balaban J connectivity index is 2.25. The van der Waals surface area contributed by atoms with Crippen LogP contribution in [-0.2, 0) is 0 Å². The molecule has 2 N–H and O–H groups in total. The van der Waals surface area contributed by atoms with Crippen LogP contribution >= 0.6 is 11.6 Å². The van der Waals surface area contributed by atoms with E-state index in [9.17, 15) is 9.59 Å². The number of ether oxygens (including phenoxy) is 1. The Morgan fingerprint density at radius 2 is 1.77 bits per heavy atom. The highest BCUT2D eigenvalue weighted by Gasteiger charge is 2.12. The van der Waals surface area contributed by atoms with Crippen LogP contribution in [0.4, 0.5) is 5.69 Å². The normalized spacial score (nSPS) is 9.95. The van der Waals surface area contributed by atoms with Crippen molar-refractivity contribution in [3.05, 3.63) is 58.6 Å². The van der Waals surface area contributed by atoms with E-state index < -0.39 is 0 Å². The summed E-state index contributed by atoms with van der Waals surface area (Å²) in [6.07, 6.45) is 0. The van der Waals surface area contributed by atoms with Gasteiger partial charge in [-0.05, 0) is 36.4 Å². The number of anilines is 1. The van der Waals surface area contributed by atoms with E-state index in [1.807, 2.05) is 0 Å². The summed E-state index contributed by atoms with van der Waals surface area (Å²) in [4.78, 5) is 23.8. The third-order valence-corrected chi connectivity index (χ3v) is 3.26. The molecule has 114 valence electrons. The number of nitrogens with one attached hydrogen (secondary N) is 2. The molecular weight excluding hydrogens is 304 g/mol.